The van der Waals surface area contributed by atoms with E-state index >= 15 is 0 Å². The van der Waals surface area contributed by atoms with Crippen LogP contribution < -0.4 is 5.32 Å². The Morgan fingerprint density at radius 1 is 1.47 bits per heavy atom. The zero-order valence-corrected chi connectivity index (χ0v) is 8.77. The summed E-state index contributed by atoms with van der Waals surface area (Å²) < 4.78 is 4.83. The first-order valence-electron chi connectivity index (χ1n) is 5.29. The molecule has 2 atom stereocenters. The van der Waals surface area contributed by atoms with Gasteiger partial charge in [-0.15, -0.1) is 0 Å². The van der Waals surface area contributed by atoms with E-state index in [0.29, 0.717) is 12.5 Å². The van der Waals surface area contributed by atoms with Crippen molar-refractivity contribution in [3.63, 3.8) is 0 Å². The molecule has 1 aromatic carbocycles. The van der Waals surface area contributed by atoms with E-state index in [9.17, 15) is 4.79 Å². The molecule has 0 aromatic heterocycles. The number of rotatable bonds is 3. The molecule has 0 unspecified atom stereocenters. The Bertz CT molecular complexity index is 337. The maximum atomic E-state index is 11.1. The number of hydrogen-bond donors (Lipinski definition) is 1. The highest BCUT2D eigenvalue weighted by atomic mass is 16.5. The molecule has 1 N–H and O–H groups in total. The van der Waals surface area contributed by atoms with E-state index in [-0.39, 0.29) is 12.1 Å². The lowest BCUT2D eigenvalue weighted by atomic mass is 10.1. The number of ether oxygens (including phenoxy) is 1. The summed E-state index contributed by atoms with van der Waals surface area (Å²) in [6, 6.07) is 10.5. The van der Waals surface area contributed by atoms with Crippen LogP contribution in [0.15, 0.2) is 30.3 Å². The third-order valence-corrected chi connectivity index (χ3v) is 2.60. The Kier molecular flexibility index (Phi) is 2.90. The van der Waals surface area contributed by atoms with E-state index in [4.69, 9.17) is 4.74 Å². The summed E-state index contributed by atoms with van der Waals surface area (Å²) in [5.41, 5.74) is 1.29. The van der Waals surface area contributed by atoms with Crippen molar-refractivity contribution >= 4 is 6.09 Å². The zero-order chi connectivity index (χ0) is 10.7. The molecule has 0 spiro atoms. The highest BCUT2D eigenvalue weighted by Gasteiger charge is 2.39. The molecule has 1 aromatic rings. The summed E-state index contributed by atoms with van der Waals surface area (Å²) in [5.74, 6) is 0.468. The Labute approximate surface area is 89.4 Å². The fourth-order valence-corrected chi connectivity index (χ4v) is 1.75. The molecular formula is C12H15NO2. The van der Waals surface area contributed by atoms with Crippen molar-refractivity contribution in [3.8, 4) is 0 Å². The summed E-state index contributed by atoms with van der Waals surface area (Å²) in [5, 5.41) is 2.84. The van der Waals surface area contributed by atoms with Gasteiger partial charge in [0.1, 0.15) is 0 Å². The average Bonchev–Trinajstić information content (AvgIpc) is 2.99. The highest BCUT2D eigenvalue weighted by molar-refractivity contribution is 5.68. The first kappa shape index (κ1) is 10.0. The summed E-state index contributed by atoms with van der Waals surface area (Å²) in [7, 11) is 0. The van der Waals surface area contributed by atoms with E-state index in [1.54, 1.807) is 6.92 Å². The molecule has 0 bridgehead atoms. The summed E-state index contributed by atoms with van der Waals surface area (Å²) >= 11 is 0. The van der Waals surface area contributed by atoms with Crippen LogP contribution in [0, 0.1) is 0 Å². The summed E-state index contributed by atoms with van der Waals surface area (Å²) in [4.78, 5) is 11.1. The van der Waals surface area contributed by atoms with Gasteiger partial charge < -0.3 is 10.1 Å². The van der Waals surface area contributed by atoms with Gasteiger partial charge >= 0.3 is 6.09 Å². The molecule has 1 fully saturated rings. The van der Waals surface area contributed by atoms with Gasteiger partial charge in [-0.05, 0) is 18.9 Å². The van der Waals surface area contributed by atoms with Crippen LogP contribution in [-0.4, -0.2) is 18.7 Å². The molecule has 0 aliphatic heterocycles. The molecule has 1 amide bonds. The van der Waals surface area contributed by atoms with E-state index in [1.165, 1.54) is 5.56 Å². The van der Waals surface area contributed by atoms with Gasteiger partial charge in [-0.3, -0.25) is 0 Å². The highest BCUT2D eigenvalue weighted by Crippen LogP contribution is 2.40. The number of hydrogen-bond acceptors (Lipinski definition) is 2. The molecule has 15 heavy (non-hydrogen) atoms. The molecule has 1 aliphatic carbocycles. The Hall–Kier alpha value is -1.51. The van der Waals surface area contributed by atoms with Crippen LogP contribution in [0.4, 0.5) is 4.79 Å². The number of carbonyl (C=O) groups excluding carboxylic acids is 1. The molecule has 3 nitrogen and oxygen atoms in total. The van der Waals surface area contributed by atoms with Gasteiger partial charge in [0.05, 0.1) is 6.61 Å². The fraction of sp³-hybridized carbons (Fsp3) is 0.417. The third-order valence-electron chi connectivity index (χ3n) is 2.60. The van der Waals surface area contributed by atoms with Crippen LogP contribution >= 0.6 is 0 Å². The second kappa shape index (κ2) is 4.34. The average molecular weight is 205 g/mol. The summed E-state index contributed by atoms with van der Waals surface area (Å²) in [6.45, 7) is 2.23. The molecule has 1 aliphatic rings. The van der Waals surface area contributed by atoms with E-state index in [1.807, 2.05) is 18.2 Å². The normalized spacial score (nSPS) is 23.3. The van der Waals surface area contributed by atoms with Crippen molar-refractivity contribution in [3.05, 3.63) is 35.9 Å². The number of carbonyl (C=O) groups is 1. The predicted octanol–water partition coefficient (Wildman–Crippen LogP) is 2.29. The molecular weight excluding hydrogens is 190 g/mol. The molecule has 2 rings (SSSR count). The topological polar surface area (TPSA) is 38.3 Å². The fourth-order valence-electron chi connectivity index (χ4n) is 1.75. The molecule has 0 radical (unpaired) electrons. The minimum Gasteiger partial charge on any atom is -0.450 e. The second-order valence-corrected chi connectivity index (χ2v) is 3.72. The van der Waals surface area contributed by atoms with Crippen molar-refractivity contribution < 1.29 is 9.53 Å². The van der Waals surface area contributed by atoms with Gasteiger partial charge in [0.2, 0.25) is 0 Å². The van der Waals surface area contributed by atoms with Crippen LogP contribution in [0.2, 0.25) is 0 Å². The van der Waals surface area contributed by atoms with Gasteiger partial charge in [-0.2, -0.15) is 0 Å². The van der Waals surface area contributed by atoms with Crippen LogP contribution in [-0.2, 0) is 4.74 Å². The minimum absolute atomic E-state index is 0.256. The first-order chi connectivity index (χ1) is 7.31. The predicted molar refractivity (Wildman–Crippen MR) is 57.7 cm³/mol. The Morgan fingerprint density at radius 3 is 2.87 bits per heavy atom. The van der Waals surface area contributed by atoms with Crippen LogP contribution in [0.3, 0.4) is 0 Å². The van der Waals surface area contributed by atoms with Crippen molar-refractivity contribution in [2.24, 2.45) is 0 Å². The first-order valence-corrected chi connectivity index (χ1v) is 5.29. The van der Waals surface area contributed by atoms with Crippen LogP contribution in [0.5, 0.6) is 0 Å². The Balaban J connectivity index is 1.84. The quantitative estimate of drug-likeness (QED) is 0.822. The van der Waals surface area contributed by atoms with Gasteiger partial charge in [0.15, 0.2) is 0 Å². The number of nitrogens with one attached hydrogen (secondary N) is 1. The molecule has 80 valence electrons. The maximum Gasteiger partial charge on any atom is 0.407 e. The lowest BCUT2D eigenvalue weighted by Crippen LogP contribution is -2.27. The van der Waals surface area contributed by atoms with Crippen molar-refractivity contribution in [2.75, 3.05) is 6.61 Å². The molecule has 0 heterocycles. The monoisotopic (exact) mass is 205 g/mol. The van der Waals surface area contributed by atoms with Crippen LogP contribution in [0.1, 0.15) is 24.8 Å². The third kappa shape index (κ3) is 2.49. The maximum absolute atomic E-state index is 11.1. The lowest BCUT2D eigenvalue weighted by Gasteiger charge is -2.04. The lowest BCUT2D eigenvalue weighted by molar-refractivity contribution is 0.151. The molecule has 1 saturated carbocycles. The molecule has 3 heteroatoms. The SMILES string of the molecule is CCOC(=O)N[C@H]1C[C@H]1c1ccccc1. The number of benzene rings is 1. The van der Waals surface area contributed by atoms with E-state index in [2.05, 4.69) is 17.4 Å². The minimum atomic E-state index is -0.305. The van der Waals surface area contributed by atoms with E-state index < -0.39 is 0 Å². The van der Waals surface area contributed by atoms with Gasteiger partial charge in [0.25, 0.3) is 0 Å². The van der Waals surface area contributed by atoms with Gasteiger partial charge in [0, 0.05) is 12.0 Å². The van der Waals surface area contributed by atoms with Crippen molar-refractivity contribution in [1.29, 1.82) is 0 Å². The van der Waals surface area contributed by atoms with E-state index in [0.717, 1.165) is 6.42 Å². The number of amides is 1. The van der Waals surface area contributed by atoms with Gasteiger partial charge in [-0.25, -0.2) is 4.79 Å². The van der Waals surface area contributed by atoms with Gasteiger partial charge in [-0.1, -0.05) is 30.3 Å². The smallest absolute Gasteiger partial charge is 0.407 e. The van der Waals surface area contributed by atoms with Crippen molar-refractivity contribution in [1.82, 2.24) is 5.32 Å². The van der Waals surface area contributed by atoms with Crippen LogP contribution in [0.25, 0.3) is 0 Å². The number of alkyl carbamates (subject to hydrolysis) is 1. The largest absolute Gasteiger partial charge is 0.450 e. The second-order valence-electron chi connectivity index (χ2n) is 3.72. The zero-order valence-electron chi connectivity index (χ0n) is 8.77. The van der Waals surface area contributed by atoms with Crippen molar-refractivity contribution in [2.45, 2.75) is 25.3 Å². The summed E-state index contributed by atoms with van der Waals surface area (Å²) in [6.07, 6.45) is 0.712. The molecule has 0 saturated heterocycles. The Morgan fingerprint density at radius 2 is 2.20 bits per heavy atom. The standard InChI is InChI=1S/C12H15NO2/c1-2-15-12(14)13-11-8-10(11)9-6-4-3-5-7-9/h3-7,10-11H,2,8H2,1H3,(H,13,14)/t10-,11-/m0/s1.